The second kappa shape index (κ2) is 10.1. The number of hydrogen-bond acceptors (Lipinski definition) is 8. The van der Waals surface area contributed by atoms with Crippen molar-refractivity contribution in [2.24, 2.45) is 0 Å². The number of pyridine rings is 1. The number of nitrogen functional groups attached to an aromatic ring is 1. The summed E-state index contributed by atoms with van der Waals surface area (Å²) in [4.78, 5) is 32.7. The normalized spacial score (nSPS) is 18.1. The van der Waals surface area contributed by atoms with Gasteiger partial charge < -0.3 is 25.8 Å². The summed E-state index contributed by atoms with van der Waals surface area (Å²) in [5, 5.41) is 2.81. The molecule has 5 rings (SSSR count). The number of piperazine rings is 1. The number of amides is 1. The quantitative estimate of drug-likeness (QED) is 0.567. The minimum Gasteiger partial charge on any atom is -0.368 e. The second-order valence-electron chi connectivity index (χ2n) is 9.69. The zero-order valence-corrected chi connectivity index (χ0v) is 21.2. The third kappa shape index (κ3) is 4.97. The minimum absolute atomic E-state index is 0.105. The van der Waals surface area contributed by atoms with Gasteiger partial charge in [-0.15, -0.1) is 0 Å². The predicted molar refractivity (Wildman–Crippen MR) is 143 cm³/mol. The van der Waals surface area contributed by atoms with Crippen LogP contribution in [0.4, 0.5) is 17.6 Å². The number of carbonyl (C=O) groups is 1. The summed E-state index contributed by atoms with van der Waals surface area (Å²) in [5.41, 5.74) is 11.2. The number of likely N-dealkylation sites (N-methyl/N-ethyl adjacent to an activating group) is 1. The Balaban J connectivity index is 1.39. The Bertz CT molecular complexity index is 1240. The molecule has 9 heteroatoms. The molecule has 4 heterocycles. The Hall–Kier alpha value is -3.72. The molecule has 2 aliphatic heterocycles. The number of anilines is 3. The van der Waals surface area contributed by atoms with Crippen molar-refractivity contribution in [3.8, 4) is 11.3 Å². The van der Waals surface area contributed by atoms with Crippen LogP contribution < -0.4 is 20.9 Å². The van der Waals surface area contributed by atoms with Crippen molar-refractivity contribution in [3.63, 3.8) is 0 Å². The van der Waals surface area contributed by atoms with Crippen LogP contribution in [0.1, 0.15) is 35.3 Å². The van der Waals surface area contributed by atoms with Crippen molar-refractivity contribution in [3.05, 3.63) is 59.3 Å². The average molecular weight is 487 g/mol. The van der Waals surface area contributed by atoms with Crippen LogP contribution in [0.15, 0.2) is 42.6 Å². The van der Waals surface area contributed by atoms with E-state index >= 15 is 0 Å². The van der Waals surface area contributed by atoms with E-state index in [2.05, 4.69) is 73.2 Å². The molecule has 36 heavy (non-hydrogen) atoms. The third-order valence-corrected chi connectivity index (χ3v) is 7.09. The summed E-state index contributed by atoms with van der Waals surface area (Å²) >= 11 is 0. The van der Waals surface area contributed by atoms with Crippen LogP contribution in [0.2, 0.25) is 0 Å². The van der Waals surface area contributed by atoms with Gasteiger partial charge >= 0.3 is 0 Å². The van der Waals surface area contributed by atoms with E-state index in [1.165, 1.54) is 11.1 Å². The van der Waals surface area contributed by atoms with Gasteiger partial charge in [-0.2, -0.15) is 9.97 Å². The molecular weight excluding hydrogens is 452 g/mol. The summed E-state index contributed by atoms with van der Waals surface area (Å²) in [5.74, 6) is 1.97. The van der Waals surface area contributed by atoms with Crippen LogP contribution in [-0.4, -0.2) is 71.6 Å². The molecule has 1 saturated heterocycles. The Morgan fingerprint density at radius 1 is 1.06 bits per heavy atom. The summed E-state index contributed by atoms with van der Waals surface area (Å²) in [6.45, 7) is 9.34. The van der Waals surface area contributed by atoms with E-state index < -0.39 is 0 Å². The smallest absolute Gasteiger partial charge is 0.252 e. The van der Waals surface area contributed by atoms with Crippen LogP contribution >= 0.6 is 0 Å². The highest BCUT2D eigenvalue weighted by molar-refractivity contribution is 5.94. The van der Waals surface area contributed by atoms with Crippen molar-refractivity contribution in [1.82, 2.24) is 25.2 Å². The molecule has 0 saturated carbocycles. The lowest BCUT2D eigenvalue weighted by Gasteiger charge is -2.37. The number of hydrogen-bond donors (Lipinski definition) is 2. The first-order chi connectivity index (χ1) is 17.4. The van der Waals surface area contributed by atoms with Crippen molar-refractivity contribution in [1.29, 1.82) is 0 Å². The molecule has 3 aromatic rings. The van der Waals surface area contributed by atoms with Gasteiger partial charge in [-0.05, 0) is 56.6 Å². The van der Waals surface area contributed by atoms with E-state index in [0.29, 0.717) is 18.1 Å². The molecule has 0 spiro atoms. The molecule has 2 aromatic heterocycles. The van der Waals surface area contributed by atoms with Gasteiger partial charge in [0.15, 0.2) is 0 Å². The van der Waals surface area contributed by atoms with Gasteiger partial charge in [0.1, 0.15) is 11.6 Å². The highest BCUT2D eigenvalue weighted by Crippen LogP contribution is 2.32. The fourth-order valence-electron chi connectivity index (χ4n) is 4.95. The topological polar surface area (TPSA) is 104 Å². The van der Waals surface area contributed by atoms with Gasteiger partial charge in [-0.25, -0.2) is 0 Å². The Labute approximate surface area is 212 Å². The Kier molecular flexibility index (Phi) is 6.73. The lowest BCUT2D eigenvalue weighted by atomic mass is 9.92. The van der Waals surface area contributed by atoms with Crippen LogP contribution in [0, 0.1) is 0 Å². The first kappa shape index (κ1) is 24.0. The van der Waals surface area contributed by atoms with Gasteiger partial charge in [0.25, 0.3) is 5.91 Å². The molecular formula is C27H34N8O. The Morgan fingerprint density at radius 2 is 1.83 bits per heavy atom. The van der Waals surface area contributed by atoms with Gasteiger partial charge in [0.05, 0.1) is 11.3 Å². The van der Waals surface area contributed by atoms with E-state index in [1.54, 1.807) is 6.20 Å². The zero-order chi connectivity index (χ0) is 25.2. The van der Waals surface area contributed by atoms with Gasteiger partial charge in [0, 0.05) is 63.1 Å². The molecule has 1 atom stereocenters. The fraction of sp³-hybridized carbons (Fsp3) is 0.407. The molecule has 0 aliphatic carbocycles. The maximum atomic E-state index is 12.1. The SMILES string of the molecule is CCNC(=O)c1ccc(-c2ccc3c(c2)CN(c2cc(N4CCN(C)CC4)nc(N)n2)C(C)C3)nc1. The molecule has 0 bridgehead atoms. The average Bonchev–Trinajstić information content (AvgIpc) is 2.88. The number of nitrogens with one attached hydrogen (secondary N) is 1. The molecule has 1 amide bonds. The lowest BCUT2D eigenvalue weighted by molar-refractivity contribution is 0.0955. The summed E-state index contributed by atoms with van der Waals surface area (Å²) < 4.78 is 0. The monoisotopic (exact) mass is 486 g/mol. The number of nitrogens with zero attached hydrogens (tertiary/aromatic N) is 6. The number of nitrogens with two attached hydrogens (primary N) is 1. The zero-order valence-electron chi connectivity index (χ0n) is 21.2. The van der Waals surface area contributed by atoms with Gasteiger partial charge in [-0.1, -0.05) is 12.1 Å². The molecule has 3 N–H and O–H groups in total. The first-order valence-electron chi connectivity index (χ1n) is 12.6. The maximum absolute atomic E-state index is 12.1. The number of aromatic nitrogens is 3. The van der Waals surface area contributed by atoms with E-state index in [4.69, 9.17) is 5.73 Å². The predicted octanol–water partition coefficient (Wildman–Crippen LogP) is 2.57. The molecule has 9 nitrogen and oxygen atoms in total. The van der Waals surface area contributed by atoms with Crippen molar-refractivity contribution in [2.75, 3.05) is 55.3 Å². The van der Waals surface area contributed by atoms with E-state index in [-0.39, 0.29) is 11.9 Å². The Morgan fingerprint density at radius 3 is 2.56 bits per heavy atom. The molecule has 1 aromatic carbocycles. The van der Waals surface area contributed by atoms with E-state index in [0.717, 1.165) is 62.0 Å². The summed E-state index contributed by atoms with van der Waals surface area (Å²) in [6.07, 6.45) is 2.56. The van der Waals surface area contributed by atoms with Crippen molar-refractivity contribution >= 4 is 23.5 Å². The maximum Gasteiger partial charge on any atom is 0.252 e. The molecule has 188 valence electrons. The lowest BCUT2D eigenvalue weighted by Crippen LogP contribution is -2.45. The van der Waals surface area contributed by atoms with E-state index in [1.807, 2.05) is 19.1 Å². The molecule has 1 fully saturated rings. The minimum atomic E-state index is -0.105. The summed E-state index contributed by atoms with van der Waals surface area (Å²) in [6, 6.07) is 12.6. The van der Waals surface area contributed by atoms with Crippen LogP contribution in [0.3, 0.4) is 0 Å². The number of rotatable bonds is 5. The highest BCUT2D eigenvalue weighted by atomic mass is 16.1. The highest BCUT2D eigenvalue weighted by Gasteiger charge is 2.26. The third-order valence-electron chi connectivity index (χ3n) is 7.09. The van der Waals surface area contributed by atoms with Crippen LogP contribution in [0.25, 0.3) is 11.3 Å². The van der Waals surface area contributed by atoms with Crippen molar-refractivity contribution in [2.45, 2.75) is 32.9 Å². The van der Waals surface area contributed by atoms with E-state index in [9.17, 15) is 4.79 Å². The van der Waals surface area contributed by atoms with Crippen LogP contribution in [-0.2, 0) is 13.0 Å². The van der Waals surface area contributed by atoms with Crippen LogP contribution in [0.5, 0.6) is 0 Å². The number of fused-ring (bicyclic) bond motifs is 1. The van der Waals surface area contributed by atoms with Gasteiger partial charge in [-0.3, -0.25) is 9.78 Å². The standard InChI is InChI=1S/C27H34N8O/c1-4-29-26(36)21-7-8-23(30-16-21)20-6-5-19-13-18(2)35(17-22(19)14-20)25-15-24(31-27(28)32-25)34-11-9-33(3)10-12-34/h5-8,14-16,18H,4,9-13,17H2,1-3H3,(H,29,36)(H2,28,31,32). The molecule has 0 radical (unpaired) electrons. The second-order valence-corrected chi connectivity index (χ2v) is 9.69. The number of benzene rings is 1. The number of carbonyl (C=O) groups excluding carboxylic acids is 1. The van der Waals surface area contributed by atoms with Gasteiger partial charge in [0.2, 0.25) is 5.95 Å². The first-order valence-corrected chi connectivity index (χ1v) is 12.6. The fourth-order valence-corrected chi connectivity index (χ4v) is 4.95. The molecule has 2 aliphatic rings. The largest absolute Gasteiger partial charge is 0.368 e. The van der Waals surface area contributed by atoms with Crippen molar-refractivity contribution < 1.29 is 4.79 Å². The summed E-state index contributed by atoms with van der Waals surface area (Å²) in [7, 11) is 2.14. The molecule has 1 unspecified atom stereocenters.